The highest BCUT2D eigenvalue weighted by atomic mass is 32.2. The first-order valence-corrected chi connectivity index (χ1v) is 7.54. The third-order valence-electron chi connectivity index (χ3n) is 2.31. The number of aromatic nitrogens is 2. The fourth-order valence-corrected chi connectivity index (χ4v) is 2.84. The normalized spacial score (nSPS) is 11.7. The highest BCUT2D eigenvalue weighted by Gasteiger charge is 2.17. The predicted octanol–water partition coefficient (Wildman–Crippen LogP) is 1.01. The highest BCUT2D eigenvalue weighted by Crippen LogP contribution is 2.30. The third-order valence-corrected chi connectivity index (χ3v) is 4.73. The molecule has 0 bridgehead atoms. The summed E-state index contributed by atoms with van der Waals surface area (Å²) in [5, 5.41) is 8.50. The summed E-state index contributed by atoms with van der Waals surface area (Å²) in [6.07, 6.45) is 0. The number of benzene rings is 1. The molecule has 0 amide bonds. The summed E-state index contributed by atoms with van der Waals surface area (Å²) in [5.41, 5.74) is 7.13. The molecule has 9 heteroatoms. The minimum atomic E-state index is -3.57. The first-order chi connectivity index (χ1) is 8.90. The second kappa shape index (κ2) is 5.11. The molecule has 1 aromatic heterocycles. The van der Waals surface area contributed by atoms with Gasteiger partial charge < -0.3 is 5.73 Å². The molecular weight excluding hydrogens is 286 g/mol. The van der Waals surface area contributed by atoms with Gasteiger partial charge in [-0.1, -0.05) is 23.5 Å². The molecule has 7 nitrogen and oxygen atoms in total. The van der Waals surface area contributed by atoms with Crippen LogP contribution in [0.1, 0.15) is 0 Å². The molecule has 0 unspecified atom stereocenters. The van der Waals surface area contributed by atoms with Crippen LogP contribution in [0.15, 0.2) is 24.3 Å². The van der Waals surface area contributed by atoms with Gasteiger partial charge in [-0.15, -0.1) is 10.2 Å². The van der Waals surface area contributed by atoms with Gasteiger partial charge in [0.25, 0.3) is 0 Å². The number of nitrogens with zero attached hydrogens (tertiary/aromatic N) is 3. The standard InChI is InChI=1S/C10H13N5O2S2/c1-15(2)19(16,17)14-10-13-12-9(18-10)7-5-3-4-6-8(7)11/h3-6H,11H2,1-2H3,(H,13,14). The van der Waals surface area contributed by atoms with E-state index in [1.54, 1.807) is 12.1 Å². The van der Waals surface area contributed by atoms with Crippen molar-refractivity contribution < 1.29 is 8.42 Å². The monoisotopic (exact) mass is 299 g/mol. The number of anilines is 2. The Bertz CT molecular complexity index is 681. The Morgan fingerprint density at radius 3 is 2.58 bits per heavy atom. The average molecular weight is 299 g/mol. The SMILES string of the molecule is CN(C)S(=O)(=O)Nc1nnc(-c2ccccc2N)s1. The molecule has 0 aliphatic rings. The van der Waals surface area contributed by atoms with Crippen LogP contribution < -0.4 is 10.5 Å². The second-order valence-electron chi connectivity index (χ2n) is 3.89. The van der Waals surface area contributed by atoms with Crippen LogP contribution >= 0.6 is 11.3 Å². The Morgan fingerprint density at radius 1 is 1.26 bits per heavy atom. The number of hydrogen-bond acceptors (Lipinski definition) is 6. The fraction of sp³-hybridized carbons (Fsp3) is 0.200. The largest absolute Gasteiger partial charge is 0.398 e. The van der Waals surface area contributed by atoms with E-state index in [1.165, 1.54) is 14.1 Å². The molecule has 19 heavy (non-hydrogen) atoms. The van der Waals surface area contributed by atoms with E-state index in [4.69, 9.17) is 5.73 Å². The van der Waals surface area contributed by atoms with Crippen LogP contribution in [0.5, 0.6) is 0 Å². The van der Waals surface area contributed by atoms with E-state index < -0.39 is 10.2 Å². The number of nitrogen functional groups attached to an aromatic ring is 1. The van der Waals surface area contributed by atoms with E-state index in [0.717, 1.165) is 21.2 Å². The number of nitrogens with one attached hydrogen (secondary N) is 1. The lowest BCUT2D eigenvalue weighted by atomic mass is 10.2. The lowest BCUT2D eigenvalue weighted by molar-refractivity contribution is 0.526. The average Bonchev–Trinajstić information content (AvgIpc) is 2.77. The Balaban J connectivity index is 2.28. The minimum Gasteiger partial charge on any atom is -0.398 e. The van der Waals surface area contributed by atoms with Crippen molar-refractivity contribution >= 4 is 32.4 Å². The van der Waals surface area contributed by atoms with Gasteiger partial charge in [0.15, 0.2) is 5.01 Å². The molecule has 0 fully saturated rings. The van der Waals surface area contributed by atoms with Gasteiger partial charge >= 0.3 is 10.2 Å². The number of hydrogen-bond donors (Lipinski definition) is 2. The van der Waals surface area contributed by atoms with Gasteiger partial charge in [0.05, 0.1) is 0 Å². The van der Waals surface area contributed by atoms with Crippen molar-refractivity contribution in [3.05, 3.63) is 24.3 Å². The molecule has 0 aliphatic carbocycles. The van der Waals surface area contributed by atoms with Gasteiger partial charge in [-0.3, -0.25) is 0 Å². The van der Waals surface area contributed by atoms with Crippen molar-refractivity contribution in [1.82, 2.24) is 14.5 Å². The third kappa shape index (κ3) is 3.00. The summed E-state index contributed by atoms with van der Waals surface area (Å²) in [5.74, 6) is 0. The van der Waals surface area contributed by atoms with Crippen LogP contribution in [0.3, 0.4) is 0 Å². The minimum absolute atomic E-state index is 0.201. The second-order valence-corrected chi connectivity index (χ2v) is 6.75. The molecule has 0 spiro atoms. The molecule has 2 rings (SSSR count). The Labute approximate surface area is 115 Å². The number of rotatable bonds is 4. The lowest BCUT2D eigenvalue weighted by Crippen LogP contribution is -2.28. The zero-order valence-corrected chi connectivity index (χ0v) is 12.0. The van der Waals surface area contributed by atoms with Crippen LogP contribution in [0, 0.1) is 0 Å². The molecule has 2 aromatic rings. The van der Waals surface area contributed by atoms with Crippen molar-refractivity contribution in [3.8, 4) is 10.6 Å². The zero-order chi connectivity index (χ0) is 14.0. The maximum atomic E-state index is 11.6. The van der Waals surface area contributed by atoms with E-state index in [9.17, 15) is 8.42 Å². The van der Waals surface area contributed by atoms with Crippen molar-refractivity contribution in [2.45, 2.75) is 0 Å². The van der Waals surface area contributed by atoms with E-state index in [2.05, 4.69) is 14.9 Å². The zero-order valence-electron chi connectivity index (χ0n) is 10.4. The van der Waals surface area contributed by atoms with E-state index >= 15 is 0 Å². The van der Waals surface area contributed by atoms with Crippen molar-refractivity contribution in [3.63, 3.8) is 0 Å². The molecule has 0 aliphatic heterocycles. The molecule has 3 N–H and O–H groups in total. The Hall–Kier alpha value is -1.71. The van der Waals surface area contributed by atoms with Crippen LogP contribution in [0.4, 0.5) is 10.8 Å². The molecule has 1 aromatic carbocycles. The van der Waals surface area contributed by atoms with E-state index in [0.29, 0.717) is 10.7 Å². The van der Waals surface area contributed by atoms with Gasteiger partial charge in [-0.2, -0.15) is 12.7 Å². The Kier molecular flexibility index (Phi) is 3.69. The Morgan fingerprint density at radius 2 is 1.95 bits per heavy atom. The lowest BCUT2D eigenvalue weighted by Gasteiger charge is -2.10. The fourth-order valence-electron chi connectivity index (χ4n) is 1.27. The quantitative estimate of drug-likeness (QED) is 0.820. The summed E-state index contributed by atoms with van der Waals surface area (Å²) in [6, 6.07) is 7.20. The number of nitrogens with two attached hydrogens (primary N) is 1. The van der Waals surface area contributed by atoms with Crippen LogP contribution in [-0.2, 0) is 10.2 Å². The highest BCUT2D eigenvalue weighted by molar-refractivity contribution is 7.90. The van der Waals surface area contributed by atoms with Crippen molar-refractivity contribution in [1.29, 1.82) is 0 Å². The molecule has 102 valence electrons. The molecule has 0 radical (unpaired) electrons. The number of para-hydroxylation sites is 1. The maximum Gasteiger partial charge on any atom is 0.302 e. The molecule has 1 heterocycles. The molecule has 0 atom stereocenters. The summed E-state index contributed by atoms with van der Waals surface area (Å²) >= 11 is 1.13. The van der Waals surface area contributed by atoms with Gasteiger partial charge in [0.2, 0.25) is 5.13 Å². The van der Waals surface area contributed by atoms with E-state index in [1.807, 2.05) is 12.1 Å². The summed E-state index contributed by atoms with van der Waals surface area (Å²) in [7, 11) is -0.710. The first-order valence-electron chi connectivity index (χ1n) is 5.29. The van der Waals surface area contributed by atoms with Crippen LogP contribution in [-0.4, -0.2) is 37.0 Å². The summed E-state index contributed by atoms with van der Waals surface area (Å²) in [6.45, 7) is 0. The van der Waals surface area contributed by atoms with Crippen molar-refractivity contribution in [2.75, 3.05) is 24.6 Å². The van der Waals surface area contributed by atoms with E-state index in [-0.39, 0.29) is 5.13 Å². The smallest absolute Gasteiger partial charge is 0.302 e. The van der Waals surface area contributed by atoms with Gasteiger partial charge in [-0.25, -0.2) is 4.72 Å². The maximum absolute atomic E-state index is 11.6. The predicted molar refractivity (Wildman–Crippen MR) is 76.0 cm³/mol. The molecule has 0 saturated carbocycles. The van der Waals surface area contributed by atoms with Crippen LogP contribution in [0.2, 0.25) is 0 Å². The van der Waals surface area contributed by atoms with Gasteiger partial charge in [0, 0.05) is 25.3 Å². The van der Waals surface area contributed by atoms with Gasteiger partial charge in [0.1, 0.15) is 0 Å². The first kappa shape index (κ1) is 13.7. The van der Waals surface area contributed by atoms with Crippen molar-refractivity contribution in [2.24, 2.45) is 0 Å². The molecular formula is C10H13N5O2S2. The molecule has 0 saturated heterocycles. The topological polar surface area (TPSA) is 101 Å². The summed E-state index contributed by atoms with van der Waals surface area (Å²) < 4.78 is 26.7. The summed E-state index contributed by atoms with van der Waals surface area (Å²) in [4.78, 5) is 0. The van der Waals surface area contributed by atoms with Crippen LogP contribution in [0.25, 0.3) is 10.6 Å². The van der Waals surface area contributed by atoms with Gasteiger partial charge in [-0.05, 0) is 12.1 Å².